The molecule has 1 aliphatic rings. The number of primary amides is 1. The highest BCUT2D eigenvalue weighted by atomic mass is 19.1. The number of hydrogen-bond acceptors (Lipinski definition) is 5. The van der Waals surface area contributed by atoms with Crippen molar-refractivity contribution in [2.24, 2.45) is 11.7 Å². The van der Waals surface area contributed by atoms with Gasteiger partial charge in [0.1, 0.15) is 11.6 Å². The molecular weight excluding hydrogens is 459 g/mol. The first-order valence-corrected chi connectivity index (χ1v) is 12.8. The van der Waals surface area contributed by atoms with Gasteiger partial charge in [0.05, 0.1) is 18.3 Å². The maximum Gasteiger partial charge on any atom is 0.258 e. The molecule has 2 atom stereocenters. The first kappa shape index (κ1) is 27.5. The van der Waals surface area contributed by atoms with E-state index in [1.165, 1.54) is 11.0 Å². The van der Waals surface area contributed by atoms with Crippen LogP contribution in [0.4, 0.5) is 15.8 Å². The SMILES string of the molecule is CCCCOc1ccc(C(=O)N(C)c2ccc(N3CCC(NC(CC(C)C)C(N)=O)C3)c(F)c2)cc1. The fourth-order valence-corrected chi connectivity index (χ4v) is 4.44. The fraction of sp³-hybridized carbons (Fsp3) is 0.500. The zero-order chi connectivity index (χ0) is 26.2. The Kier molecular flexibility index (Phi) is 9.70. The summed E-state index contributed by atoms with van der Waals surface area (Å²) in [6.07, 6.45) is 3.50. The normalized spacial score (nSPS) is 16.3. The van der Waals surface area contributed by atoms with Crippen molar-refractivity contribution >= 4 is 23.2 Å². The van der Waals surface area contributed by atoms with Gasteiger partial charge in [-0.3, -0.25) is 9.59 Å². The van der Waals surface area contributed by atoms with Crippen LogP contribution in [0.25, 0.3) is 0 Å². The maximum atomic E-state index is 15.1. The molecule has 196 valence electrons. The second-order valence-corrected chi connectivity index (χ2v) is 9.91. The van der Waals surface area contributed by atoms with Crippen LogP contribution in [0, 0.1) is 11.7 Å². The Labute approximate surface area is 213 Å². The molecule has 2 aromatic rings. The smallest absolute Gasteiger partial charge is 0.258 e. The average molecular weight is 499 g/mol. The zero-order valence-corrected chi connectivity index (χ0v) is 21.8. The molecule has 0 saturated carbocycles. The Morgan fingerprint density at radius 2 is 1.94 bits per heavy atom. The van der Waals surface area contributed by atoms with Gasteiger partial charge in [-0.15, -0.1) is 0 Å². The summed E-state index contributed by atoms with van der Waals surface area (Å²) >= 11 is 0. The molecule has 2 aromatic carbocycles. The molecule has 3 N–H and O–H groups in total. The van der Waals surface area contributed by atoms with Crippen LogP contribution in [0.3, 0.4) is 0 Å². The molecule has 0 aliphatic carbocycles. The molecule has 1 aliphatic heterocycles. The Morgan fingerprint density at radius 3 is 2.56 bits per heavy atom. The van der Waals surface area contributed by atoms with E-state index >= 15 is 4.39 Å². The summed E-state index contributed by atoms with van der Waals surface area (Å²) in [7, 11) is 1.64. The third-order valence-corrected chi connectivity index (χ3v) is 6.51. The number of anilines is 2. The second kappa shape index (κ2) is 12.7. The van der Waals surface area contributed by atoms with Crippen molar-refractivity contribution in [1.29, 1.82) is 0 Å². The lowest BCUT2D eigenvalue weighted by Crippen LogP contribution is -2.48. The molecule has 0 radical (unpaired) electrons. The first-order chi connectivity index (χ1) is 17.2. The van der Waals surface area contributed by atoms with Gasteiger partial charge < -0.3 is 25.6 Å². The lowest BCUT2D eigenvalue weighted by atomic mass is 10.0. The minimum atomic E-state index is -0.390. The number of nitrogens with zero attached hydrogens (tertiary/aromatic N) is 2. The van der Waals surface area contributed by atoms with E-state index in [1.807, 2.05) is 4.90 Å². The van der Waals surface area contributed by atoms with E-state index in [1.54, 1.807) is 43.4 Å². The Balaban J connectivity index is 1.62. The van der Waals surface area contributed by atoms with Gasteiger partial charge in [0.2, 0.25) is 5.91 Å². The maximum absolute atomic E-state index is 15.1. The van der Waals surface area contributed by atoms with Gasteiger partial charge in [0.15, 0.2) is 0 Å². The molecule has 1 heterocycles. The molecule has 36 heavy (non-hydrogen) atoms. The Morgan fingerprint density at radius 1 is 1.22 bits per heavy atom. The summed E-state index contributed by atoms with van der Waals surface area (Å²) in [5.41, 5.74) is 7.03. The number of carbonyl (C=O) groups is 2. The van der Waals surface area contributed by atoms with Crippen molar-refractivity contribution in [2.45, 2.75) is 58.5 Å². The molecule has 1 saturated heterocycles. The zero-order valence-electron chi connectivity index (χ0n) is 21.8. The number of halogens is 1. The van der Waals surface area contributed by atoms with Crippen LogP contribution >= 0.6 is 0 Å². The van der Waals surface area contributed by atoms with Crippen molar-refractivity contribution in [3.63, 3.8) is 0 Å². The first-order valence-electron chi connectivity index (χ1n) is 12.8. The van der Waals surface area contributed by atoms with Crippen LogP contribution < -0.4 is 25.6 Å². The molecule has 7 nitrogen and oxygen atoms in total. The fourth-order valence-electron chi connectivity index (χ4n) is 4.44. The minimum Gasteiger partial charge on any atom is -0.494 e. The van der Waals surface area contributed by atoms with Crippen molar-refractivity contribution in [3.8, 4) is 5.75 Å². The molecule has 8 heteroatoms. The number of rotatable bonds is 12. The van der Waals surface area contributed by atoms with Crippen LogP contribution in [0.15, 0.2) is 42.5 Å². The number of nitrogens with one attached hydrogen (secondary N) is 1. The van der Waals surface area contributed by atoms with E-state index in [0.717, 1.165) is 25.0 Å². The summed E-state index contributed by atoms with van der Waals surface area (Å²) in [4.78, 5) is 28.2. The number of amides is 2. The quantitative estimate of drug-likeness (QED) is 0.425. The molecule has 1 fully saturated rings. The third-order valence-electron chi connectivity index (χ3n) is 6.51. The number of unbranched alkanes of at least 4 members (excludes halogenated alkanes) is 1. The average Bonchev–Trinajstić information content (AvgIpc) is 3.31. The van der Waals surface area contributed by atoms with Gasteiger partial charge in [-0.05, 0) is 67.6 Å². The highest BCUT2D eigenvalue weighted by molar-refractivity contribution is 6.05. The van der Waals surface area contributed by atoms with E-state index in [9.17, 15) is 9.59 Å². The van der Waals surface area contributed by atoms with Gasteiger partial charge in [0, 0.05) is 37.4 Å². The number of carbonyl (C=O) groups excluding carboxylic acids is 2. The van der Waals surface area contributed by atoms with Crippen LogP contribution in [0.2, 0.25) is 0 Å². The predicted molar refractivity (Wildman–Crippen MR) is 142 cm³/mol. The monoisotopic (exact) mass is 498 g/mol. The van der Waals surface area contributed by atoms with E-state index in [4.69, 9.17) is 10.5 Å². The number of nitrogens with two attached hydrogens (primary N) is 1. The molecule has 2 unspecified atom stereocenters. The van der Waals surface area contributed by atoms with Gasteiger partial charge in [-0.25, -0.2) is 4.39 Å². The standard InChI is InChI=1S/C28H39FN4O3/c1-5-6-15-36-23-10-7-20(8-11-23)28(35)32(4)22-9-12-26(24(29)17-22)33-14-13-21(18-33)31-25(27(30)34)16-19(2)3/h7-12,17,19,21,25,31H,5-6,13-16,18H2,1-4H3,(H2,30,34). The van der Waals surface area contributed by atoms with E-state index in [2.05, 4.69) is 26.1 Å². The van der Waals surface area contributed by atoms with E-state index in [0.29, 0.717) is 49.0 Å². The highest BCUT2D eigenvalue weighted by Crippen LogP contribution is 2.28. The third kappa shape index (κ3) is 7.20. The van der Waals surface area contributed by atoms with E-state index < -0.39 is 0 Å². The lowest BCUT2D eigenvalue weighted by Gasteiger charge is -2.24. The van der Waals surface area contributed by atoms with Crippen LogP contribution in [0.1, 0.15) is 56.8 Å². The van der Waals surface area contributed by atoms with Crippen molar-refractivity contribution in [1.82, 2.24) is 5.32 Å². The van der Waals surface area contributed by atoms with Crippen LogP contribution in [-0.4, -0.2) is 50.6 Å². The molecular formula is C28H39FN4O3. The summed E-state index contributed by atoms with van der Waals surface area (Å²) in [5.74, 6) is 0.0950. The summed E-state index contributed by atoms with van der Waals surface area (Å²) in [5, 5.41) is 3.35. The molecule has 0 spiro atoms. The van der Waals surface area contributed by atoms with Gasteiger partial charge in [-0.2, -0.15) is 0 Å². The highest BCUT2D eigenvalue weighted by Gasteiger charge is 2.28. The van der Waals surface area contributed by atoms with Crippen LogP contribution in [-0.2, 0) is 4.79 Å². The molecule has 0 bridgehead atoms. The van der Waals surface area contributed by atoms with Crippen molar-refractivity contribution < 1.29 is 18.7 Å². The Hall–Kier alpha value is -3.13. The molecule has 2 amide bonds. The number of ether oxygens (including phenoxy) is 1. The minimum absolute atomic E-state index is 0.0542. The lowest BCUT2D eigenvalue weighted by molar-refractivity contribution is -0.120. The summed E-state index contributed by atoms with van der Waals surface area (Å²) in [6, 6.07) is 11.5. The van der Waals surface area contributed by atoms with Gasteiger partial charge >= 0.3 is 0 Å². The summed E-state index contributed by atoms with van der Waals surface area (Å²) < 4.78 is 20.8. The largest absolute Gasteiger partial charge is 0.494 e. The molecule has 3 rings (SSSR count). The Bertz CT molecular complexity index is 1030. The van der Waals surface area contributed by atoms with Gasteiger partial charge in [0.25, 0.3) is 5.91 Å². The van der Waals surface area contributed by atoms with Crippen molar-refractivity contribution in [2.75, 3.05) is 36.5 Å². The number of benzene rings is 2. The van der Waals surface area contributed by atoms with Crippen LogP contribution in [0.5, 0.6) is 5.75 Å². The predicted octanol–water partition coefficient (Wildman–Crippen LogP) is 4.35. The summed E-state index contributed by atoms with van der Waals surface area (Å²) in [6.45, 7) is 8.10. The van der Waals surface area contributed by atoms with Crippen molar-refractivity contribution in [3.05, 3.63) is 53.8 Å². The van der Waals surface area contributed by atoms with Gasteiger partial charge in [-0.1, -0.05) is 27.2 Å². The second-order valence-electron chi connectivity index (χ2n) is 9.91. The van der Waals surface area contributed by atoms with E-state index in [-0.39, 0.29) is 29.7 Å². The molecule has 0 aromatic heterocycles. The number of hydrogen-bond donors (Lipinski definition) is 2. The topological polar surface area (TPSA) is 87.9 Å².